The first kappa shape index (κ1) is 13.1. The lowest BCUT2D eigenvalue weighted by atomic mass is 10.1. The predicted molar refractivity (Wildman–Crippen MR) is 81.9 cm³/mol. The largest absolute Gasteiger partial charge is 0.397 e. The Kier molecular flexibility index (Phi) is 3.85. The van der Waals surface area contributed by atoms with Crippen LogP contribution in [-0.4, -0.2) is 37.1 Å². The average molecular weight is 280 g/mol. The minimum absolute atomic E-state index is 0.766. The molecule has 1 aromatic carbocycles. The Balaban J connectivity index is 1.64. The lowest BCUT2D eigenvalue weighted by molar-refractivity contribution is 0.187. The fourth-order valence-electron chi connectivity index (χ4n) is 3.39. The van der Waals surface area contributed by atoms with Crippen LogP contribution in [-0.2, 0) is 0 Å². The van der Waals surface area contributed by atoms with Crippen LogP contribution < -0.4 is 10.6 Å². The molecule has 0 aromatic heterocycles. The Hall–Kier alpha value is -0.930. The van der Waals surface area contributed by atoms with E-state index in [0.717, 1.165) is 48.6 Å². The van der Waals surface area contributed by atoms with Gasteiger partial charge in [-0.2, -0.15) is 0 Å². The fraction of sp³-hybridized carbons (Fsp3) is 0.600. The minimum atomic E-state index is 0.766. The van der Waals surface area contributed by atoms with E-state index in [2.05, 4.69) is 9.80 Å². The van der Waals surface area contributed by atoms with Crippen molar-refractivity contribution in [3.63, 3.8) is 0 Å². The maximum atomic E-state index is 6.08. The van der Waals surface area contributed by atoms with Crippen LogP contribution in [0.1, 0.15) is 25.7 Å². The zero-order valence-corrected chi connectivity index (χ0v) is 12.1. The van der Waals surface area contributed by atoms with Gasteiger partial charge in [-0.15, -0.1) is 0 Å². The molecule has 104 valence electrons. The van der Waals surface area contributed by atoms with Crippen LogP contribution in [0.5, 0.6) is 0 Å². The van der Waals surface area contributed by atoms with Crippen LogP contribution in [0.25, 0.3) is 0 Å². The van der Waals surface area contributed by atoms with Gasteiger partial charge in [-0.1, -0.05) is 24.4 Å². The van der Waals surface area contributed by atoms with E-state index in [9.17, 15) is 0 Å². The van der Waals surface area contributed by atoms with Crippen LogP contribution in [0, 0.1) is 0 Å². The molecule has 1 saturated carbocycles. The molecule has 3 rings (SSSR count). The second-order valence-electron chi connectivity index (χ2n) is 5.66. The Morgan fingerprint density at radius 2 is 1.74 bits per heavy atom. The van der Waals surface area contributed by atoms with Gasteiger partial charge in [0.2, 0.25) is 0 Å². The van der Waals surface area contributed by atoms with Gasteiger partial charge < -0.3 is 10.6 Å². The van der Waals surface area contributed by atoms with E-state index < -0.39 is 0 Å². The van der Waals surface area contributed by atoms with Crippen molar-refractivity contribution < 1.29 is 0 Å². The lowest BCUT2D eigenvalue weighted by Crippen LogP contribution is -2.49. The summed E-state index contributed by atoms with van der Waals surface area (Å²) in [5.74, 6) is 0. The third-order valence-electron chi connectivity index (χ3n) is 4.49. The van der Waals surface area contributed by atoms with E-state index in [1.54, 1.807) is 0 Å². The summed E-state index contributed by atoms with van der Waals surface area (Å²) in [5, 5.41) is 0.766. The van der Waals surface area contributed by atoms with Crippen LogP contribution in [0.4, 0.5) is 11.4 Å². The number of nitrogens with two attached hydrogens (primary N) is 1. The number of benzene rings is 1. The molecule has 1 aliphatic carbocycles. The summed E-state index contributed by atoms with van der Waals surface area (Å²) in [4.78, 5) is 5.02. The smallest absolute Gasteiger partial charge is 0.0615 e. The van der Waals surface area contributed by atoms with Gasteiger partial charge >= 0.3 is 0 Å². The van der Waals surface area contributed by atoms with E-state index in [1.807, 2.05) is 18.2 Å². The highest BCUT2D eigenvalue weighted by Crippen LogP contribution is 2.29. The van der Waals surface area contributed by atoms with Crippen LogP contribution >= 0.6 is 11.6 Å². The third-order valence-corrected chi connectivity index (χ3v) is 4.72. The highest BCUT2D eigenvalue weighted by molar-refractivity contribution is 6.31. The second kappa shape index (κ2) is 5.59. The zero-order valence-electron chi connectivity index (χ0n) is 11.3. The number of nitrogen functional groups attached to an aromatic ring is 1. The quantitative estimate of drug-likeness (QED) is 0.845. The maximum absolute atomic E-state index is 6.08. The van der Waals surface area contributed by atoms with Crippen molar-refractivity contribution in [3.8, 4) is 0 Å². The molecule has 2 N–H and O–H groups in total. The van der Waals surface area contributed by atoms with E-state index in [4.69, 9.17) is 17.3 Å². The highest BCUT2D eigenvalue weighted by Gasteiger charge is 2.26. The second-order valence-corrected chi connectivity index (χ2v) is 6.10. The van der Waals surface area contributed by atoms with Crippen molar-refractivity contribution in [2.24, 2.45) is 0 Å². The number of anilines is 2. The molecule has 1 saturated heterocycles. The average Bonchev–Trinajstić information content (AvgIpc) is 2.96. The first-order valence-corrected chi connectivity index (χ1v) is 7.66. The topological polar surface area (TPSA) is 32.5 Å². The number of rotatable bonds is 2. The van der Waals surface area contributed by atoms with Crippen LogP contribution in [0.3, 0.4) is 0 Å². The Labute approximate surface area is 120 Å². The Morgan fingerprint density at radius 3 is 2.42 bits per heavy atom. The molecular weight excluding hydrogens is 258 g/mol. The van der Waals surface area contributed by atoms with Gasteiger partial charge in [0.25, 0.3) is 0 Å². The molecule has 1 aliphatic heterocycles. The lowest BCUT2D eigenvalue weighted by Gasteiger charge is -2.39. The number of piperazine rings is 1. The summed E-state index contributed by atoms with van der Waals surface area (Å²) < 4.78 is 0. The van der Waals surface area contributed by atoms with Gasteiger partial charge in [0, 0.05) is 37.2 Å². The summed E-state index contributed by atoms with van der Waals surface area (Å²) in [6.07, 6.45) is 5.59. The van der Waals surface area contributed by atoms with Gasteiger partial charge in [-0.05, 0) is 31.0 Å². The summed E-state index contributed by atoms with van der Waals surface area (Å²) in [6.45, 7) is 4.41. The van der Waals surface area contributed by atoms with Gasteiger partial charge in [0.15, 0.2) is 0 Å². The molecule has 0 atom stereocenters. The molecule has 1 heterocycles. The Morgan fingerprint density at radius 1 is 1.05 bits per heavy atom. The van der Waals surface area contributed by atoms with E-state index in [1.165, 1.54) is 25.7 Å². The first-order valence-electron chi connectivity index (χ1n) is 7.28. The fourth-order valence-corrected chi connectivity index (χ4v) is 3.55. The normalized spacial score (nSPS) is 22.1. The van der Waals surface area contributed by atoms with Crippen molar-refractivity contribution in [3.05, 3.63) is 23.2 Å². The third kappa shape index (κ3) is 2.82. The SMILES string of the molecule is Nc1ccc(Cl)cc1N1CCN(C2CCCC2)CC1. The minimum Gasteiger partial charge on any atom is -0.397 e. The van der Waals surface area contributed by atoms with E-state index in [-0.39, 0.29) is 0 Å². The monoisotopic (exact) mass is 279 g/mol. The maximum Gasteiger partial charge on any atom is 0.0615 e. The van der Waals surface area contributed by atoms with Crippen molar-refractivity contribution in [1.82, 2.24) is 4.90 Å². The Bertz CT molecular complexity index is 435. The summed E-state index contributed by atoms with van der Waals surface area (Å²) in [5.41, 5.74) is 7.99. The predicted octanol–water partition coefficient (Wildman–Crippen LogP) is 2.99. The van der Waals surface area contributed by atoms with Crippen molar-refractivity contribution >= 4 is 23.0 Å². The molecule has 2 fully saturated rings. The summed E-state index contributed by atoms with van der Waals surface area (Å²) in [7, 11) is 0. The molecule has 3 nitrogen and oxygen atoms in total. The molecule has 0 spiro atoms. The first-order chi connectivity index (χ1) is 9.24. The van der Waals surface area contributed by atoms with Crippen LogP contribution in [0.2, 0.25) is 5.02 Å². The van der Waals surface area contributed by atoms with Gasteiger partial charge in [0.1, 0.15) is 0 Å². The molecule has 0 radical (unpaired) electrons. The standard InChI is InChI=1S/C15H22ClN3/c16-12-5-6-14(17)15(11-12)19-9-7-18(8-10-19)13-3-1-2-4-13/h5-6,11,13H,1-4,7-10,17H2. The molecule has 0 unspecified atom stereocenters. The molecular formula is C15H22ClN3. The number of nitrogens with zero attached hydrogens (tertiary/aromatic N) is 2. The van der Waals surface area contributed by atoms with E-state index in [0.29, 0.717) is 0 Å². The molecule has 4 heteroatoms. The number of hydrogen-bond donors (Lipinski definition) is 1. The van der Waals surface area contributed by atoms with Crippen molar-refractivity contribution in [2.45, 2.75) is 31.7 Å². The molecule has 0 bridgehead atoms. The van der Waals surface area contributed by atoms with Gasteiger partial charge in [-0.3, -0.25) is 4.90 Å². The zero-order chi connectivity index (χ0) is 13.2. The number of hydrogen-bond acceptors (Lipinski definition) is 3. The number of halogens is 1. The summed E-state index contributed by atoms with van der Waals surface area (Å²) in [6, 6.07) is 6.58. The van der Waals surface area contributed by atoms with E-state index >= 15 is 0 Å². The summed E-state index contributed by atoms with van der Waals surface area (Å²) >= 11 is 6.08. The van der Waals surface area contributed by atoms with Crippen molar-refractivity contribution in [2.75, 3.05) is 36.8 Å². The molecule has 0 amide bonds. The van der Waals surface area contributed by atoms with Gasteiger partial charge in [-0.25, -0.2) is 0 Å². The highest BCUT2D eigenvalue weighted by atomic mass is 35.5. The molecule has 1 aromatic rings. The van der Waals surface area contributed by atoms with Crippen LogP contribution in [0.15, 0.2) is 18.2 Å². The molecule has 2 aliphatic rings. The molecule has 19 heavy (non-hydrogen) atoms. The van der Waals surface area contributed by atoms with Gasteiger partial charge in [0.05, 0.1) is 11.4 Å². The van der Waals surface area contributed by atoms with Crippen molar-refractivity contribution in [1.29, 1.82) is 0 Å².